The summed E-state index contributed by atoms with van der Waals surface area (Å²) >= 11 is 0. The Balaban J connectivity index is 1.93. The van der Waals surface area contributed by atoms with Crippen LogP contribution in [0.25, 0.3) is 0 Å². The van der Waals surface area contributed by atoms with Gasteiger partial charge in [-0.2, -0.15) is 0 Å². The fourth-order valence-electron chi connectivity index (χ4n) is 3.45. The second kappa shape index (κ2) is 4.08. The predicted molar refractivity (Wildman–Crippen MR) is 62.3 cm³/mol. The van der Waals surface area contributed by atoms with Gasteiger partial charge in [0.1, 0.15) is 0 Å². The van der Waals surface area contributed by atoms with Crippen molar-refractivity contribution in [3.05, 3.63) is 11.6 Å². The largest absolute Gasteiger partial charge is 0.0851 e. The molecule has 0 nitrogen and oxygen atoms in total. The van der Waals surface area contributed by atoms with Crippen LogP contribution in [0.15, 0.2) is 11.6 Å². The van der Waals surface area contributed by atoms with E-state index in [1.807, 2.05) is 0 Å². The molecule has 0 aromatic heterocycles. The zero-order valence-corrected chi connectivity index (χ0v) is 9.81. The molecule has 2 aliphatic rings. The van der Waals surface area contributed by atoms with E-state index in [-0.39, 0.29) is 0 Å². The fourth-order valence-corrected chi connectivity index (χ4v) is 3.45. The lowest BCUT2D eigenvalue weighted by molar-refractivity contribution is 0.249. The predicted octanol–water partition coefficient (Wildman–Crippen LogP) is 4.70. The molecule has 1 spiro atoms. The summed E-state index contributed by atoms with van der Waals surface area (Å²) in [6.45, 7) is 4.63. The first-order valence-electron chi connectivity index (χ1n) is 6.40. The average molecular weight is 192 g/mol. The lowest BCUT2D eigenvalue weighted by atomic mass is 9.73. The number of allylic oxidation sites excluding steroid dienone is 2. The monoisotopic (exact) mass is 192 g/mol. The molecule has 2 aliphatic carbocycles. The molecule has 0 amide bonds. The van der Waals surface area contributed by atoms with Crippen LogP contribution in [0.1, 0.15) is 65.2 Å². The average Bonchev–Trinajstić information content (AvgIpc) is 2.56. The van der Waals surface area contributed by atoms with E-state index in [2.05, 4.69) is 19.9 Å². The molecule has 2 atom stereocenters. The molecule has 1 fully saturated rings. The van der Waals surface area contributed by atoms with Gasteiger partial charge >= 0.3 is 0 Å². The summed E-state index contributed by atoms with van der Waals surface area (Å²) < 4.78 is 0. The molecule has 14 heavy (non-hydrogen) atoms. The van der Waals surface area contributed by atoms with Crippen LogP contribution in [-0.4, -0.2) is 0 Å². The summed E-state index contributed by atoms with van der Waals surface area (Å²) in [5.41, 5.74) is 2.38. The summed E-state index contributed by atoms with van der Waals surface area (Å²) in [6.07, 6.45) is 14.2. The van der Waals surface area contributed by atoms with Gasteiger partial charge in [0.05, 0.1) is 0 Å². The molecule has 0 heterocycles. The van der Waals surface area contributed by atoms with Gasteiger partial charge in [-0.15, -0.1) is 0 Å². The minimum absolute atomic E-state index is 0.749. The quantitative estimate of drug-likeness (QED) is 0.556. The van der Waals surface area contributed by atoms with Crippen LogP contribution < -0.4 is 0 Å². The first kappa shape index (κ1) is 10.3. The van der Waals surface area contributed by atoms with Gasteiger partial charge < -0.3 is 0 Å². The first-order chi connectivity index (χ1) is 6.74. The van der Waals surface area contributed by atoms with Gasteiger partial charge in [-0.3, -0.25) is 0 Å². The minimum atomic E-state index is 0.749. The standard InChI is InChI=1S/C14H24/c1-3-4-13-7-10-14(11-13)8-5-12(2)6-9-14/h5,13H,3-4,6-11H2,1-2H3. The molecule has 0 heteroatoms. The molecule has 0 aromatic carbocycles. The lowest BCUT2D eigenvalue weighted by Crippen LogP contribution is -2.19. The smallest absolute Gasteiger partial charge is 0.0257 e. The van der Waals surface area contributed by atoms with Gasteiger partial charge in [-0.05, 0) is 56.8 Å². The maximum absolute atomic E-state index is 2.51. The van der Waals surface area contributed by atoms with Gasteiger partial charge in [0.15, 0.2) is 0 Å². The van der Waals surface area contributed by atoms with Crippen molar-refractivity contribution < 1.29 is 0 Å². The summed E-state index contributed by atoms with van der Waals surface area (Å²) in [5, 5.41) is 0. The molecule has 2 rings (SSSR count). The molecule has 0 saturated heterocycles. The maximum atomic E-state index is 2.51. The molecule has 1 saturated carbocycles. The second-order valence-corrected chi connectivity index (χ2v) is 5.65. The van der Waals surface area contributed by atoms with Crippen molar-refractivity contribution in [3.63, 3.8) is 0 Å². The summed E-state index contributed by atoms with van der Waals surface area (Å²) in [5.74, 6) is 1.06. The summed E-state index contributed by atoms with van der Waals surface area (Å²) in [7, 11) is 0. The van der Waals surface area contributed by atoms with E-state index in [1.165, 1.54) is 51.4 Å². The lowest BCUT2D eigenvalue weighted by Gasteiger charge is -2.32. The van der Waals surface area contributed by atoms with E-state index in [0.717, 1.165) is 11.3 Å². The van der Waals surface area contributed by atoms with Crippen LogP contribution in [0.5, 0.6) is 0 Å². The topological polar surface area (TPSA) is 0 Å². The van der Waals surface area contributed by atoms with Crippen molar-refractivity contribution in [2.75, 3.05) is 0 Å². The molecule has 0 bridgehead atoms. The summed E-state index contributed by atoms with van der Waals surface area (Å²) in [4.78, 5) is 0. The molecular weight excluding hydrogens is 168 g/mol. The van der Waals surface area contributed by atoms with Gasteiger partial charge in [0.25, 0.3) is 0 Å². The van der Waals surface area contributed by atoms with Crippen molar-refractivity contribution >= 4 is 0 Å². The van der Waals surface area contributed by atoms with E-state index < -0.39 is 0 Å². The van der Waals surface area contributed by atoms with Crippen LogP contribution in [-0.2, 0) is 0 Å². The van der Waals surface area contributed by atoms with Crippen molar-refractivity contribution in [2.45, 2.75) is 65.2 Å². The highest BCUT2D eigenvalue weighted by Crippen LogP contribution is 2.51. The normalized spacial score (nSPS) is 37.6. The van der Waals surface area contributed by atoms with E-state index in [4.69, 9.17) is 0 Å². The highest BCUT2D eigenvalue weighted by atomic mass is 14.4. The summed E-state index contributed by atoms with van der Waals surface area (Å²) in [6, 6.07) is 0. The third-order valence-electron chi connectivity index (χ3n) is 4.43. The third kappa shape index (κ3) is 2.04. The number of rotatable bonds is 2. The Kier molecular flexibility index (Phi) is 2.99. The highest BCUT2D eigenvalue weighted by molar-refractivity contribution is 5.08. The molecule has 0 aromatic rings. The molecule has 80 valence electrons. The first-order valence-corrected chi connectivity index (χ1v) is 6.40. The van der Waals surface area contributed by atoms with Crippen molar-refractivity contribution in [3.8, 4) is 0 Å². The van der Waals surface area contributed by atoms with Crippen LogP contribution in [0.4, 0.5) is 0 Å². The molecule has 0 N–H and O–H groups in total. The molecule has 2 unspecified atom stereocenters. The Morgan fingerprint density at radius 1 is 1.43 bits per heavy atom. The van der Waals surface area contributed by atoms with Gasteiger partial charge in [0, 0.05) is 0 Å². The third-order valence-corrected chi connectivity index (χ3v) is 4.43. The van der Waals surface area contributed by atoms with Crippen LogP contribution in [0.2, 0.25) is 0 Å². The van der Waals surface area contributed by atoms with E-state index in [1.54, 1.807) is 5.57 Å². The Morgan fingerprint density at radius 3 is 2.93 bits per heavy atom. The zero-order chi connectivity index (χ0) is 10.0. The maximum Gasteiger partial charge on any atom is -0.0257 e. The van der Waals surface area contributed by atoms with Crippen molar-refractivity contribution in [2.24, 2.45) is 11.3 Å². The fraction of sp³-hybridized carbons (Fsp3) is 0.857. The van der Waals surface area contributed by atoms with E-state index >= 15 is 0 Å². The number of hydrogen-bond donors (Lipinski definition) is 0. The van der Waals surface area contributed by atoms with Crippen LogP contribution in [0.3, 0.4) is 0 Å². The molecule has 0 aliphatic heterocycles. The van der Waals surface area contributed by atoms with E-state index in [9.17, 15) is 0 Å². The Hall–Kier alpha value is -0.260. The van der Waals surface area contributed by atoms with Gasteiger partial charge in [-0.1, -0.05) is 31.4 Å². The Morgan fingerprint density at radius 2 is 2.29 bits per heavy atom. The van der Waals surface area contributed by atoms with Crippen molar-refractivity contribution in [1.29, 1.82) is 0 Å². The molecular formula is C14H24. The molecule has 0 radical (unpaired) electrons. The van der Waals surface area contributed by atoms with Crippen LogP contribution >= 0.6 is 0 Å². The van der Waals surface area contributed by atoms with Crippen LogP contribution in [0, 0.1) is 11.3 Å². The Bertz CT molecular complexity index is 226. The SMILES string of the molecule is CCCC1CCC2(CC=C(C)CC2)C1. The van der Waals surface area contributed by atoms with E-state index in [0.29, 0.717) is 0 Å². The second-order valence-electron chi connectivity index (χ2n) is 5.65. The minimum Gasteiger partial charge on any atom is -0.0851 e. The number of hydrogen-bond acceptors (Lipinski definition) is 0. The van der Waals surface area contributed by atoms with Gasteiger partial charge in [-0.25, -0.2) is 0 Å². The van der Waals surface area contributed by atoms with Gasteiger partial charge in [0.2, 0.25) is 0 Å². The zero-order valence-electron chi connectivity index (χ0n) is 9.81. The Labute approximate surface area is 88.8 Å². The van der Waals surface area contributed by atoms with Crippen molar-refractivity contribution in [1.82, 2.24) is 0 Å². The highest BCUT2D eigenvalue weighted by Gasteiger charge is 2.38.